The monoisotopic (exact) mass is 476 g/mol. The fourth-order valence-corrected chi connectivity index (χ4v) is 4.07. The van der Waals surface area contributed by atoms with E-state index in [0.717, 1.165) is 0 Å². The molecular weight excluding hydrogens is 454 g/mol. The second kappa shape index (κ2) is 10.1. The van der Waals surface area contributed by atoms with Gasteiger partial charge in [-0.2, -0.15) is 0 Å². The zero-order valence-corrected chi connectivity index (χ0v) is 18.5. The number of aryl methyl sites for hydroxylation is 1. The van der Waals surface area contributed by atoms with Crippen molar-refractivity contribution in [3.63, 3.8) is 0 Å². The van der Waals surface area contributed by atoms with E-state index in [-0.39, 0.29) is 12.2 Å². The van der Waals surface area contributed by atoms with Gasteiger partial charge in [-0.25, -0.2) is 4.39 Å². The van der Waals surface area contributed by atoms with Crippen LogP contribution in [0.1, 0.15) is 45.4 Å². The lowest BCUT2D eigenvalue weighted by molar-refractivity contribution is -0.138. The van der Waals surface area contributed by atoms with Crippen molar-refractivity contribution in [3.05, 3.63) is 88.6 Å². The first-order valence-corrected chi connectivity index (χ1v) is 11.7. The third-order valence-corrected chi connectivity index (χ3v) is 5.65. The molecular formula is C22H22FN2O7P. The quantitative estimate of drug-likeness (QED) is 0.398. The molecule has 0 saturated heterocycles. The first-order chi connectivity index (χ1) is 15.5. The molecule has 0 aliphatic carbocycles. The van der Waals surface area contributed by atoms with Crippen molar-refractivity contribution in [2.75, 3.05) is 0 Å². The molecule has 2 aromatic carbocycles. The van der Waals surface area contributed by atoms with Gasteiger partial charge in [0, 0.05) is 12.6 Å². The highest BCUT2D eigenvalue weighted by Gasteiger charge is 2.30. The number of amides is 1. The van der Waals surface area contributed by atoms with E-state index in [2.05, 4.69) is 5.16 Å². The molecule has 0 aliphatic heterocycles. The average Bonchev–Trinajstić information content (AvgIpc) is 3.17. The van der Waals surface area contributed by atoms with Crippen LogP contribution < -0.4 is 0 Å². The summed E-state index contributed by atoms with van der Waals surface area (Å²) in [5.74, 6) is -1.84. The summed E-state index contributed by atoms with van der Waals surface area (Å²) < 4.78 is 29.7. The molecule has 174 valence electrons. The molecule has 1 atom stereocenters. The highest BCUT2D eigenvalue weighted by molar-refractivity contribution is 7.50. The smallest absolute Gasteiger partial charge is 0.329 e. The van der Waals surface area contributed by atoms with Gasteiger partial charge in [0.2, 0.25) is 0 Å². The van der Waals surface area contributed by atoms with Crippen molar-refractivity contribution in [1.29, 1.82) is 0 Å². The average molecular weight is 476 g/mol. The van der Waals surface area contributed by atoms with Crippen molar-refractivity contribution in [3.8, 4) is 0 Å². The molecule has 11 heteroatoms. The van der Waals surface area contributed by atoms with E-state index < -0.39 is 43.9 Å². The van der Waals surface area contributed by atoms with Crippen molar-refractivity contribution < 1.29 is 38.0 Å². The standard InChI is InChI=1S/C22H22FN2O7P/c1-14-10-19(24-32-14)22(28)25(12-15-2-4-16(5-3-15)13-33(29,30)31)20(11-21(26)27)17-6-8-18(23)9-7-17/h2-10,20H,11-13H2,1H3,(H,26,27)(H2,29,30,31). The molecule has 0 saturated carbocycles. The van der Waals surface area contributed by atoms with Crippen LogP contribution in [-0.2, 0) is 22.1 Å². The van der Waals surface area contributed by atoms with E-state index in [0.29, 0.717) is 22.5 Å². The third-order valence-electron chi connectivity index (χ3n) is 4.87. The van der Waals surface area contributed by atoms with Crippen molar-refractivity contribution >= 4 is 19.5 Å². The number of aliphatic carboxylic acids is 1. The Morgan fingerprint density at radius 1 is 1.09 bits per heavy atom. The van der Waals surface area contributed by atoms with Gasteiger partial charge in [0.15, 0.2) is 5.69 Å². The van der Waals surface area contributed by atoms with Crippen molar-refractivity contribution in [2.45, 2.75) is 32.1 Å². The van der Waals surface area contributed by atoms with Gasteiger partial charge in [0.1, 0.15) is 11.6 Å². The van der Waals surface area contributed by atoms with E-state index in [1.54, 1.807) is 19.1 Å². The molecule has 3 rings (SSSR count). The van der Waals surface area contributed by atoms with Crippen molar-refractivity contribution in [1.82, 2.24) is 10.1 Å². The van der Waals surface area contributed by atoms with Crippen molar-refractivity contribution in [2.24, 2.45) is 0 Å². The fourth-order valence-electron chi connectivity index (χ4n) is 3.38. The number of nitrogens with zero attached hydrogens (tertiary/aromatic N) is 2. The third kappa shape index (κ3) is 6.82. The maximum atomic E-state index is 13.5. The zero-order chi connectivity index (χ0) is 24.2. The van der Waals surface area contributed by atoms with E-state index >= 15 is 0 Å². The summed E-state index contributed by atoms with van der Waals surface area (Å²) in [6.45, 7) is 1.58. The molecule has 0 radical (unpaired) electrons. The Hall–Kier alpha value is -3.33. The summed E-state index contributed by atoms with van der Waals surface area (Å²) in [5.41, 5.74) is 1.42. The Morgan fingerprint density at radius 2 is 1.70 bits per heavy atom. The summed E-state index contributed by atoms with van der Waals surface area (Å²) >= 11 is 0. The van der Waals surface area contributed by atoms with Crippen LogP contribution in [0.4, 0.5) is 4.39 Å². The molecule has 1 amide bonds. The lowest BCUT2D eigenvalue weighted by Gasteiger charge is -2.31. The number of carboxylic acid groups (broad SMARTS) is 1. The number of carbonyl (C=O) groups is 2. The topological polar surface area (TPSA) is 141 Å². The van der Waals surface area contributed by atoms with Gasteiger partial charge in [0.25, 0.3) is 5.91 Å². The molecule has 9 nitrogen and oxygen atoms in total. The maximum Gasteiger partial charge on any atom is 0.329 e. The number of rotatable bonds is 9. The highest BCUT2D eigenvalue weighted by atomic mass is 31.2. The van der Waals surface area contributed by atoms with E-state index in [1.807, 2.05) is 0 Å². The van der Waals surface area contributed by atoms with Gasteiger partial charge in [-0.05, 0) is 35.7 Å². The number of hydrogen-bond acceptors (Lipinski definition) is 5. The molecule has 3 N–H and O–H groups in total. The molecule has 1 aromatic heterocycles. The summed E-state index contributed by atoms with van der Waals surface area (Å²) in [7, 11) is -4.24. The summed E-state index contributed by atoms with van der Waals surface area (Å²) in [5, 5.41) is 13.2. The SMILES string of the molecule is Cc1cc(C(=O)N(Cc2ccc(CP(=O)(O)O)cc2)C(CC(=O)O)c2ccc(F)cc2)no1. The second-order valence-electron chi connectivity index (χ2n) is 7.56. The maximum absolute atomic E-state index is 13.5. The zero-order valence-electron chi connectivity index (χ0n) is 17.6. The summed E-state index contributed by atoms with van der Waals surface area (Å²) in [4.78, 5) is 44.5. The Balaban J connectivity index is 1.98. The number of benzene rings is 2. The Kier molecular flexibility index (Phi) is 7.43. The summed E-state index contributed by atoms with van der Waals surface area (Å²) in [6.07, 6.45) is -0.865. The van der Waals surface area contributed by atoms with Crippen LogP contribution in [0, 0.1) is 12.7 Å². The minimum Gasteiger partial charge on any atom is -0.481 e. The van der Waals surface area contributed by atoms with Crippen LogP contribution in [0.3, 0.4) is 0 Å². The molecule has 1 unspecified atom stereocenters. The molecule has 1 heterocycles. The predicted molar refractivity (Wildman–Crippen MR) is 115 cm³/mol. The fraction of sp³-hybridized carbons (Fsp3) is 0.227. The number of carboxylic acids is 1. The molecule has 0 bridgehead atoms. The molecule has 33 heavy (non-hydrogen) atoms. The van der Waals surface area contributed by atoms with Crippen LogP contribution >= 0.6 is 7.60 Å². The lowest BCUT2D eigenvalue weighted by atomic mass is 10.00. The molecule has 0 fully saturated rings. The van der Waals surface area contributed by atoms with E-state index in [9.17, 15) is 23.7 Å². The highest BCUT2D eigenvalue weighted by Crippen LogP contribution is 2.39. The normalized spacial score (nSPS) is 12.4. The predicted octanol–water partition coefficient (Wildman–Crippen LogP) is 3.66. The Morgan fingerprint density at radius 3 is 2.21 bits per heavy atom. The van der Waals surface area contributed by atoms with Gasteiger partial charge in [-0.3, -0.25) is 14.2 Å². The van der Waals surface area contributed by atoms with Gasteiger partial charge >= 0.3 is 13.6 Å². The largest absolute Gasteiger partial charge is 0.481 e. The van der Waals surface area contributed by atoms with Crippen LogP contribution in [0.5, 0.6) is 0 Å². The van der Waals surface area contributed by atoms with Crippen LogP contribution in [-0.4, -0.2) is 36.8 Å². The lowest BCUT2D eigenvalue weighted by Crippen LogP contribution is -2.36. The van der Waals surface area contributed by atoms with Gasteiger partial charge in [0.05, 0.1) is 18.6 Å². The first-order valence-electron chi connectivity index (χ1n) is 9.86. The van der Waals surface area contributed by atoms with Crippen LogP contribution in [0.15, 0.2) is 59.1 Å². The minimum atomic E-state index is -4.24. The number of carbonyl (C=O) groups excluding carboxylic acids is 1. The van der Waals surface area contributed by atoms with Crippen LogP contribution in [0.25, 0.3) is 0 Å². The molecule has 3 aromatic rings. The minimum absolute atomic E-state index is 0.0110. The Labute approximate surface area is 188 Å². The number of halogens is 1. The van der Waals surface area contributed by atoms with Gasteiger partial charge < -0.3 is 24.3 Å². The molecule has 0 spiro atoms. The first kappa shape index (κ1) is 24.3. The summed E-state index contributed by atoms with van der Waals surface area (Å²) in [6, 6.07) is 11.9. The van der Waals surface area contributed by atoms with E-state index in [4.69, 9.17) is 14.3 Å². The van der Waals surface area contributed by atoms with Gasteiger partial charge in [-0.1, -0.05) is 41.6 Å². The van der Waals surface area contributed by atoms with E-state index in [1.165, 1.54) is 47.4 Å². The second-order valence-corrected chi connectivity index (χ2v) is 9.21. The number of hydrogen-bond donors (Lipinski definition) is 3. The van der Waals surface area contributed by atoms with Gasteiger partial charge in [-0.15, -0.1) is 0 Å². The molecule has 0 aliphatic rings. The number of aromatic nitrogens is 1. The van der Waals surface area contributed by atoms with Crippen LogP contribution in [0.2, 0.25) is 0 Å². The Bertz CT molecular complexity index is 1170.